The Morgan fingerprint density at radius 3 is 2.38 bits per heavy atom. The standard InChI is InChI=1S/C19H31N3O2/c1-15-10-12-16(13-11-15)22-18(20)21-14-8-6-5-7-9-17(23)24-19(2,3)4/h10-13H,5-9,14H2,1-4H3,(H3,20,21,22). The Morgan fingerprint density at radius 2 is 1.75 bits per heavy atom. The van der Waals surface area contributed by atoms with Gasteiger partial charge in [-0.15, -0.1) is 0 Å². The number of aryl methyl sites for hydroxylation is 1. The molecule has 0 aromatic heterocycles. The van der Waals surface area contributed by atoms with Crippen molar-refractivity contribution in [3.63, 3.8) is 0 Å². The van der Waals surface area contributed by atoms with E-state index in [4.69, 9.17) is 10.5 Å². The summed E-state index contributed by atoms with van der Waals surface area (Å²) in [5.41, 5.74) is 7.62. The summed E-state index contributed by atoms with van der Waals surface area (Å²) in [6, 6.07) is 8.02. The first-order chi connectivity index (χ1) is 11.3. The molecule has 24 heavy (non-hydrogen) atoms. The highest BCUT2D eigenvalue weighted by Gasteiger charge is 2.15. The second kappa shape index (κ2) is 9.96. The van der Waals surface area contributed by atoms with E-state index in [0.29, 0.717) is 18.9 Å². The van der Waals surface area contributed by atoms with Gasteiger partial charge in [-0.05, 0) is 52.7 Å². The predicted octanol–water partition coefficient (Wildman–Crippen LogP) is 4.01. The average molecular weight is 333 g/mol. The van der Waals surface area contributed by atoms with E-state index in [-0.39, 0.29) is 5.97 Å². The number of nitrogens with two attached hydrogens (primary N) is 1. The highest BCUT2D eigenvalue weighted by Crippen LogP contribution is 2.11. The monoisotopic (exact) mass is 333 g/mol. The van der Waals surface area contributed by atoms with E-state index in [9.17, 15) is 4.79 Å². The summed E-state index contributed by atoms with van der Waals surface area (Å²) in [7, 11) is 0. The molecule has 0 saturated heterocycles. The molecule has 5 nitrogen and oxygen atoms in total. The molecule has 0 aliphatic rings. The van der Waals surface area contributed by atoms with Crippen molar-refractivity contribution in [2.75, 3.05) is 11.9 Å². The van der Waals surface area contributed by atoms with Crippen molar-refractivity contribution in [2.24, 2.45) is 10.7 Å². The van der Waals surface area contributed by atoms with Crippen molar-refractivity contribution in [2.45, 2.75) is 65.4 Å². The minimum Gasteiger partial charge on any atom is -0.460 e. The van der Waals surface area contributed by atoms with Gasteiger partial charge in [0.1, 0.15) is 5.60 Å². The number of guanidine groups is 1. The summed E-state index contributed by atoms with van der Waals surface area (Å²) in [5.74, 6) is 0.319. The second-order valence-electron chi connectivity index (χ2n) is 7.01. The van der Waals surface area contributed by atoms with Gasteiger partial charge < -0.3 is 15.8 Å². The second-order valence-corrected chi connectivity index (χ2v) is 7.01. The Hall–Kier alpha value is -2.04. The molecule has 0 unspecified atom stereocenters. The van der Waals surface area contributed by atoms with Crippen LogP contribution in [0.15, 0.2) is 29.3 Å². The molecular weight excluding hydrogens is 302 g/mol. The fraction of sp³-hybridized carbons (Fsp3) is 0.579. The third kappa shape index (κ3) is 9.87. The number of hydrogen-bond donors (Lipinski definition) is 2. The number of esters is 1. The zero-order valence-electron chi connectivity index (χ0n) is 15.4. The van der Waals surface area contributed by atoms with E-state index in [2.05, 4.69) is 10.3 Å². The van der Waals surface area contributed by atoms with Crippen LogP contribution < -0.4 is 11.1 Å². The lowest BCUT2D eigenvalue weighted by molar-refractivity contribution is -0.154. The van der Waals surface area contributed by atoms with Crippen LogP contribution in [0, 0.1) is 6.92 Å². The minimum absolute atomic E-state index is 0.118. The summed E-state index contributed by atoms with van der Waals surface area (Å²) in [6.07, 6.45) is 4.34. The lowest BCUT2D eigenvalue weighted by atomic mass is 10.1. The highest BCUT2D eigenvalue weighted by atomic mass is 16.6. The molecule has 0 heterocycles. The molecule has 1 aromatic rings. The van der Waals surface area contributed by atoms with Gasteiger partial charge in [-0.2, -0.15) is 0 Å². The largest absolute Gasteiger partial charge is 0.460 e. The van der Waals surface area contributed by atoms with E-state index in [1.807, 2.05) is 52.0 Å². The summed E-state index contributed by atoms with van der Waals surface area (Å²) in [5, 5.41) is 3.07. The van der Waals surface area contributed by atoms with Gasteiger partial charge in [0.05, 0.1) is 0 Å². The minimum atomic E-state index is -0.395. The first-order valence-corrected chi connectivity index (χ1v) is 8.62. The van der Waals surface area contributed by atoms with Gasteiger partial charge in [0.2, 0.25) is 0 Å². The van der Waals surface area contributed by atoms with Crippen molar-refractivity contribution < 1.29 is 9.53 Å². The van der Waals surface area contributed by atoms with Gasteiger partial charge in [0.25, 0.3) is 0 Å². The molecule has 134 valence electrons. The topological polar surface area (TPSA) is 76.7 Å². The van der Waals surface area contributed by atoms with Crippen molar-refractivity contribution >= 4 is 17.6 Å². The lowest BCUT2D eigenvalue weighted by Gasteiger charge is -2.19. The molecule has 0 saturated carbocycles. The van der Waals surface area contributed by atoms with Gasteiger partial charge in [0.15, 0.2) is 5.96 Å². The fourth-order valence-electron chi connectivity index (χ4n) is 2.15. The number of carbonyl (C=O) groups excluding carboxylic acids is 1. The smallest absolute Gasteiger partial charge is 0.306 e. The molecule has 1 aromatic carbocycles. The van der Waals surface area contributed by atoms with Crippen molar-refractivity contribution in [3.05, 3.63) is 29.8 Å². The number of carbonyl (C=O) groups is 1. The maximum Gasteiger partial charge on any atom is 0.306 e. The number of ether oxygens (including phenoxy) is 1. The molecule has 0 fully saturated rings. The van der Waals surface area contributed by atoms with Crippen LogP contribution in [-0.2, 0) is 9.53 Å². The lowest BCUT2D eigenvalue weighted by Crippen LogP contribution is -2.23. The molecule has 3 N–H and O–H groups in total. The Morgan fingerprint density at radius 1 is 1.12 bits per heavy atom. The molecule has 5 heteroatoms. The Bertz CT molecular complexity index is 531. The van der Waals surface area contributed by atoms with E-state index >= 15 is 0 Å². The summed E-state index contributed by atoms with van der Waals surface area (Å²) >= 11 is 0. The number of unbranched alkanes of at least 4 members (excludes halogenated alkanes) is 3. The Balaban J connectivity index is 2.10. The summed E-state index contributed by atoms with van der Waals surface area (Å²) in [6.45, 7) is 8.40. The van der Waals surface area contributed by atoms with Gasteiger partial charge in [-0.1, -0.05) is 30.5 Å². The normalized spacial score (nSPS) is 12.1. The average Bonchev–Trinajstić information content (AvgIpc) is 2.47. The van der Waals surface area contributed by atoms with E-state index in [1.165, 1.54) is 5.56 Å². The van der Waals surface area contributed by atoms with Crippen LogP contribution in [0.25, 0.3) is 0 Å². The van der Waals surface area contributed by atoms with Crippen molar-refractivity contribution in [1.29, 1.82) is 0 Å². The Kier molecular flexibility index (Phi) is 8.30. The third-order valence-electron chi connectivity index (χ3n) is 3.32. The molecule has 0 radical (unpaired) electrons. The quantitative estimate of drug-likeness (QED) is 0.326. The van der Waals surface area contributed by atoms with Gasteiger partial charge in [0, 0.05) is 18.7 Å². The fourth-order valence-corrected chi connectivity index (χ4v) is 2.15. The number of aliphatic imine (C=N–C) groups is 1. The number of benzene rings is 1. The summed E-state index contributed by atoms with van der Waals surface area (Å²) in [4.78, 5) is 15.9. The highest BCUT2D eigenvalue weighted by molar-refractivity contribution is 5.92. The van der Waals surface area contributed by atoms with Gasteiger partial charge >= 0.3 is 5.97 Å². The first kappa shape index (κ1) is 20.0. The van der Waals surface area contributed by atoms with Crippen LogP contribution in [0.3, 0.4) is 0 Å². The number of nitrogens with zero attached hydrogens (tertiary/aromatic N) is 1. The maximum absolute atomic E-state index is 11.6. The molecule has 0 aliphatic carbocycles. The van der Waals surface area contributed by atoms with E-state index in [1.54, 1.807) is 0 Å². The van der Waals surface area contributed by atoms with Crippen molar-refractivity contribution in [3.8, 4) is 0 Å². The number of rotatable bonds is 8. The van der Waals surface area contributed by atoms with Crippen molar-refractivity contribution in [1.82, 2.24) is 0 Å². The molecule has 0 bridgehead atoms. The molecule has 0 atom stereocenters. The van der Waals surface area contributed by atoms with Crippen LogP contribution in [0.5, 0.6) is 0 Å². The van der Waals surface area contributed by atoms with Crippen LogP contribution in [0.4, 0.5) is 5.69 Å². The van der Waals surface area contributed by atoms with E-state index in [0.717, 1.165) is 31.4 Å². The van der Waals surface area contributed by atoms with Crippen LogP contribution in [-0.4, -0.2) is 24.1 Å². The number of nitrogens with one attached hydrogen (secondary N) is 1. The van der Waals surface area contributed by atoms with Gasteiger partial charge in [-0.3, -0.25) is 9.79 Å². The maximum atomic E-state index is 11.6. The van der Waals surface area contributed by atoms with Crippen LogP contribution in [0.2, 0.25) is 0 Å². The van der Waals surface area contributed by atoms with Crippen LogP contribution in [0.1, 0.15) is 58.4 Å². The Labute approximate surface area is 145 Å². The van der Waals surface area contributed by atoms with E-state index < -0.39 is 5.60 Å². The predicted molar refractivity (Wildman–Crippen MR) is 100 cm³/mol. The first-order valence-electron chi connectivity index (χ1n) is 8.62. The molecule has 0 amide bonds. The third-order valence-corrected chi connectivity index (χ3v) is 3.32. The van der Waals surface area contributed by atoms with Gasteiger partial charge in [-0.25, -0.2) is 0 Å². The molecule has 1 rings (SSSR count). The zero-order valence-corrected chi connectivity index (χ0v) is 15.4. The SMILES string of the molecule is Cc1ccc(NC(N)=NCCCCCCC(=O)OC(C)(C)C)cc1. The van der Waals surface area contributed by atoms with Crippen LogP contribution >= 0.6 is 0 Å². The number of hydrogen-bond acceptors (Lipinski definition) is 3. The molecule has 0 spiro atoms. The zero-order chi connectivity index (χ0) is 18.0. The summed E-state index contributed by atoms with van der Waals surface area (Å²) < 4.78 is 5.28. The molecule has 0 aliphatic heterocycles. The number of anilines is 1. The molecular formula is C19H31N3O2.